The van der Waals surface area contributed by atoms with E-state index in [1.54, 1.807) is 0 Å². The Morgan fingerprint density at radius 2 is 2.05 bits per heavy atom. The molecule has 0 bridgehead atoms. The van der Waals surface area contributed by atoms with Crippen molar-refractivity contribution in [3.05, 3.63) is 28.2 Å². The van der Waals surface area contributed by atoms with Crippen LogP contribution in [0.15, 0.2) is 16.9 Å². The van der Waals surface area contributed by atoms with Crippen LogP contribution in [0.5, 0.6) is 0 Å². The fraction of sp³-hybridized carbons (Fsp3) is 0.500. The van der Waals surface area contributed by atoms with Gasteiger partial charge in [0.1, 0.15) is 0 Å². The van der Waals surface area contributed by atoms with Gasteiger partial charge in [-0.15, -0.1) is 10.2 Å². The first-order valence-corrected chi connectivity index (χ1v) is 7.71. The average molecular weight is 292 g/mol. The van der Waals surface area contributed by atoms with E-state index >= 15 is 0 Å². The van der Waals surface area contributed by atoms with Crippen LogP contribution in [0.4, 0.5) is 5.13 Å². The van der Waals surface area contributed by atoms with Gasteiger partial charge in [-0.1, -0.05) is 25.2 Å². The molecule has 2 heterocycles. The molecule has 0 atom stereocenters. The maximum Gasteiger partial charge on any atom is 0.261 e. The topological polar surface area (TPSA) is 59.8 Å². The third-order valence-corrected chi connectivity index (χ3v) is 4.01. The second-order valence-electron chi connectivity index (χ2n) is 4.82. The zero-order valence-electron chi connectivity index (χ0n) is 12.3. The van der Waals surface area contributed by atoms with Crippen LogP contribution in [0.3, 0.4) is 0 Å². The highest BCUT2D eigenvalue weighted by Gasteiger charge is 2.14. The summed E-state index contributed by atoms with van der Waals surface area (Å²) in [4.78, 5) is 12.6. The van der Waals surface area contributed by atoms with Gasteiger partial charge in [-0.3, -0.25) is 4.79 Å². The van der Waals surface area contributed by atoms with E-state index in [4.69, 9.17) is 0 Å². The molecule has 0 spiro atoms. The van der Waals surface area contributed by atoms with Crippen molar-refractivity contribution in [3.8, 4) is 10.6 Å². The van der Waals surface area contributed by atoms with E-state index < -0.39 is 0 Å². The minimum absolute atomic E-state index is 0.0119. The molecular weight excluding hydrogens is 272 g/mol. The van der Waals surface area contributed by atoms with Crippen LogP contribution in [-0.2, 0) is 6.54 Å². The summed E-state index contributed by atoms with van der Waals surface area (Å²) in [5, 5.41) is 12.7. The van der Waals surface area contributed by atoms with Gasteiger partial charge in [0, 0.05) is 18.8 Å². The van der Waals surface area contributed by atoms with Gasteiger partial charge in [-0.25, -0.2) is 0 Å². The normalized spacial score (nSPS) is 11.1. The number of hydrogen-bond acceptors (Lipinski definition) is 5. The number of hydrogen-bond donors (Lipinski definition) is 1. The molecule has 0 radical (unpaired) electrons. The number of anilines is 1. The lowest BCUT2D eigenvalue weighted by molar-refractivity contribution is 0.641. The Labute approximate surface area is 122 Å². The molecule has 0 aromatic carbocycles. The highest BCUT2D eigenvalue weighted by Crippen LogP contribution is 2.25. The average Bonchev–Trinajstić information content (AvgIpc) is 2.87. The first kappa shape index (κ1) is 14.7. The van der Waals surface area contributed by atoms with Crippen LogP contribution < -0.4 is 10.9 Å². The lowest BCUT2D eigenvalue weighted by atomic mass is 10.1. The van der Waals surface area contributed by atoms with E-state index in [9.17, 15) is 4.79 Å². The molecule has 1 N–H and O–H groups in total. The summed E-state index contributed by atoms with van der Waals surface area (Å²) in [6.07, 6.45) is 0. The minimum atomic E-state index is 0.0119. The van der Waals surface area contributed by atoms with Crippen molar-refractivity contribution < 1.29 is 0 Å². The van der Waals surface area contributed by atoms with Crippen LogP contribution in [0, 0.1) is 0 Å². The first-order valence-electron chi connectivity index (χ1n) is 6.89. The van der Waals surface area contributed by atoms with Gasteiger partial charge >= 0.3 is 0 Å². The first-order chi connectivity index (χ1) is 9.58. The number of rotatable bonds is 5. The second-order valence-corrected chi connectivity index (χ2v) is 5.80. The maximum atomic E-state index is 12.6. The van der Waals surface area contributed by atoms with Crippen molar-refractivity contribution in [2.45, 2.75) is 40.2 Å². The molecule has 6 heteroatoms. The Kier molecular flexibility index (Phi) is 4.54. The molecule has 0 fully saturated rings. The molecule has 108 valence electrons. The molecular formula is C14H20N4OS. The van der Waals surface area contributed by atoms with Crippen LogP contribution >= 0.6 is 11.3 Å². The number of aromatic nitrogens is 3. The summed E-state index contributed by atoms with van der Waals surface area (Å²) in [5.41, 5.74) is 1.69. The van der Waals surface area contributed by atoms with E-state index in [0.29, 0.717) is 23.0 Å². The van der Waals surface area contributed by atoms with Crippen LogP contribution in [0.2, 0.25) is 0 Å². The molecule has 0 unspecified atom stereocenters. The van der Waals surface area contributed by atoms with Crippen molar-refractivity contribution >= 4 is 16.5 Å². The van der Waals surface area contributed by atoms with Crippen LogP contribution in [-0.4, -0.2) is 21.3 Å². The zero-order chi connectivity index (χ0) is 14.7. The van der Waals surface area contributed by atoms with E-state index in [-0.39, 0.29) is 5.56 Å². The van der Waals surface area contributed by atoms with Crippen LogP contribution in [0.1, 0.15) is 39.3 Å². The molecule has 0 saturated carbocycles. The summed E-state index contributed by atoms with van der Waals surface area (Å²) in [7, 11) is 0. The summed E-state index contributed by atoms with van der Waals surface area (Å²) in [6, 6.07) is 3.87. The van der Waals surface area contributed by atoms with Gasteiger partial charge in [-0.05, 0) is 31.9 Å². The summed E-state index contributed by atoms with van der Waals surface area (Å²) >= 11 is 1.41. The standard InChI is InChI=1S/C14H20N4OS/c1-5-15-14-17-16-12(20-14)10-7-8-11(9(3)4)18(6-2)13(10)19/h7-9H,5-6H2,1-4H3,(H,15,17). The molecule has 0 amide bonds. The van der Waals surface area contributed by atoms with Crippen molar-refractivity contribution in [1.82, 2.24) is 14.8 Å². The number of nitrogens with zero attached hydrogens (tertiary/aromatic N) is 3. The smallest absolute Gasteiger partial charge is 0.261 e. The predicted octanol–water partition coefficient (Wildman–Crippen LogP) is 2.94. The fourth-order valence-corrected chi connectivity index (χ4v) is 2.97. The van der Waals surface area contributed by atoms with E-state index in [0.717, 1.165) is 17.4 Å². The Morgan fingerprint density at radius 1 is 1.30 bits per heavy atom. The van der Waals surface area contributed by atoms with Crippen LogP contribution in [0.25, 0.3) is 10.6 Å². The molecule has 0 aliphatic heterocycles. The lowest BCUT2D eigenvalue weighted by Crippen LogP contribution is -2.24. The van der Waals surface area contributed by atoms with Gasteiger partial charge in [-0.2, -0.15) is 0 Å². The lowest BCUT2D eigenvalue weighted by Gasteiger charge is -2.14. The van der Waals surface area contributed by atoms with Gasteiger partial charge in [0.25, 0.3) is 5.56 Å². The summed E-state index contributed by atoms with van der Waals surface area (Å²) in [6.45, 7) is 9.63. The minimum Gasteiger partial charge on any atom is -0.360 e. The number of pyridine rings is 1. The molecule has 2 rings (SSSR count). The maximum absolute atomic E-state index is 12.6. The number of nitrogens with one attached hydrogen (secondary N) is 1. The molecule has 0 aliphatic carbocycles. The van der Waals surface area contributed by atoms with E-state index in [1.165, 1.54) is 11.3 Å². The Balaban J connectivity index is 2.49. The molecule has 20 heavy (non-hydrogen) atoms. The zero-order valence-corrected chi connectivity index (χ0v) is 13.1. The monoisotopic (exact) mass is 292 g/mol. The largest absolute Gasteiger partial charge is 0.360 e. The van der Waals surface area contributed by atoms with Crippen molar-refractivity contribution in [2.75, 3.05) is 11.9 Å². The van der Waals surface area contributed by atoms with Crippen molar-refractivity contribution in [3.63, 3.8) is 0 Å². The molecule has 2 aromatic heterocycles. The van der Waals surface area contributed by atoms with Gasteiger partial charge in [0.05, 0.1) is 5.56 Å². The molecule has 0 saturated heterocycles. The Bertz CT molecular complexity index is 645. The molecule has 2 aromatic rings. The van der Waals surface area contributed by atoms with E-state index in [2.05, 4.69) is 29.4 Å². The summed E-state index contributed by atoms with van der Waals surface area (Å²) < 4.78 is 1.81. The van der Waals surface area contributed by atoms with E-state index in [1.807, 2.05) is 30.5 Å². The molecule has 0 aliphatic rings. The predicted molar refractivity (Wildman–Crippen MR) is 83.5 cm³/mol. The fourth-order valence-electron chi connectivity index (χ4n) is 2.14. The SMILES string of the molecule is CCNc1nnc(-c2ccc(C(C)C)n(CC)c2=O)s1. The second kappa shape index (κ2) is 6.17. The van der Waals surface area contributed by atoms with Gasteiger partial charge in [0.15, 0.2) is 5.01 Å². The Morgan fingerprint density at radius 3 is 2.65 bits per heavy atom. The van der Waals surface area contributed by atoms with Gasteiger partial charge in [0.2, 0.25) is 5.13 Å². The van der Waals surface area contributed by atoms with Crippen molar-refractivity contribution in [1.29, 1.82) is 0 Å². The highest BCUT2D eigenvalue weighted by molar-refractivity contribution is 7.18. The summed E-state index contributed by atoms with van der Waals surface area (Å²) in [5.74, 6) is 0.323. The third-order valence-electron chi connectivity index (χ3n) is 3.10. The molecule has 5 nitrogen and oxygen atoms in total. The van der Waals surface area contributed by atoms with Crippen molar-refractivity contribution in [2.24, 2.45) is 0 Å². The van der Waals surface area contributed by atoms with Gasteiger partial charge < -0.3 is 9.88 Å². The third kappa shape index (κ3) is 2.75. The quantitative estimate of drug-likeness (QED) is 0.920. The Hall–Kier alpha value is -1.69. The highest BCUT2D eigenvalue weighted by atomic mass is 32.1.